The van der Waals surface area contributed by atoms with Gasteiger partial charge in [-0.25, -0.2) is 0 Å². The van der Waals surface area contributed by atoms with Gasteiger partial charge < -0.3 is 5.73 Å². The normalized spacial score (nSPS) is 30.0. The second kappa shape index (κ2) is 4.06. The van der Waals surface area contributed by atoms with Crippen LogP contribution in [-0.2, 0) is 10.8 Å². The van der Waals surface area contributed by atoms with Gasteiger partial charge in [0.15, 0.2) is 0 Å². The van der Waals surface area contributed by atoms with Gasteiger partial charge in [0, 0.05) is 21.9 Å². The van der Waals surface area contributed by atoms with Gasteiger partial charge in [-0.3, -0.25) is 4.21 Å². The van der Waals surface area contributed by atoms with Gasteiger partial charge in [0.1, 0.15) is 0 Å². The molecule has 5 heteroatoms. The SMILES string of the molecule is CC1CC(N)c2c(Cl)ccc(Cl)c2S1=O. The van der Waals surface area contributed by atoms with Crippen LogP contribution in [0.2, 0.25) is 10.0 Å². The first-order valence-corrected chi connectivity index (χ1v) is 6.63. The molecule has 15 heavy (non-hydrogen) atoms. The van der Waals surface area contributed by atoms with Crippen LogP contribution in [0.1, 0.15) is 24.9 Å². The quantitative estimate of drug-likeness (QED) is 0.783. The van der Waals surface area contributed by atoms with E-state index < -0.39 is 10.8 Å². The molecule has 1 aromatic rings. The van der Waals surface area contributed by atoms with E-state index in [2.05, 4.69) is 0 Å². The monoisotopic (exact) mass is 263 g/mol. The minimum atomic E-state index is -1.10. The van der Waals surface area contributed by atoms with E-state index in [1.165, 1.54) is 0 Å². The third-order valence-electron chi connectivity index (χ3n) is 2.62. The molecule has 2 N–H and O–H groups in total. The van der Waals surface area contributed by atoms with Crippen LogP contribution >= 0.6 is 23.2 Å². The first kappa shape index (κ1) is 11.4. The fourth-order valence-corrected chi connectivity index (χ4v) is 4.13. The van der Waals surface area contributed by atoms with E-state index in [9.17, 15) is 4.21 Å². The molecule has 1 aromatic carbocycles. The molecule has 0 spiro atoms. The fourth-order valence-electron chi connectivity index (χ4n) is 1.86. The van der Waals surface area contributed by atoms with Crippen LogP contribution in [0.4, 0.5) is 0 Å². The summed E-state index contributed by atoms with van der Waals surface area (Å²) in [6, 6.07) is 3.21. The highest BCUT2D eigenvalue weighted by Crippen LogP contribution is 2.40. The lowest BCUT2D eigenvalue weighted by Crippen LogP contribution is -2.28. The number of nitrogens with two attached hydrogens (primary N) is 1. The van der Waals surface area contributed by atoms with Gasteiger partial charge in [-0.15, -0.1) is 0 Å². The van der Waals surface area contributed by atoms with E-state index in [1.807, 2.05) is 6.92 Å². The summed E-state index contributed by atoms with van der Waals surface area (Å²) in [7, 11) is -1.10. The van der Waals surface area contributed by atoms with Crippen LogP contribution in [-0.4, -0.2) is 9.46 Å². The lowest BCUT2D eigenvalue weighted by atomic mass is 10.0. The van der Waals surface area contributed by atoms with Crippen LogP contribution in [0.25, 0.3) is 0 Å². The van der Waals surface area contributed by atoms with Crippen LogP contribution in [0.5, 0.6) is 0 Å². The third-order valence-corrected chi connectivity index (χ3v) is 5.14. The molecule has 1 aliphatic rings. The number of halogens is 2. The summed E-state index contributed by atoms with van der Waals surface area (Å²) in [4.78, 5) is 0.621. The summed E-state index contributed by atoms with van der Waals surface area (Å²) in [5.41, 5.74) is 6.74. The van der Waals surface area contributed by atoms with E-state index in [-0.39, 0.29) is 11.3 Å². The van der Waals surface area contributed by atoms with Crippen LogP contribution in [0.3, 0.4) is 0 Å². The fraction of sp³-hybridized carbons (Fsp3) is 0.400. The van der Waals surface area contributed by atoms with E-state index in [4.69, 9.17) is 28.9 Å². The van der Waals surface area contributed by atoms with Crippen molar-refractivity contribution >= 4 is 34.0 Å². The molecule has 0 aromatic heterocycles. The zero-order valence-electron chi connectivity index (χ0n) is 8.17. The zero-order valence-corrected chi connectivity index (χ0v) is 10.5. The van der Waals surface area contributed by atoms with Gasteiger partial charge >= 0.3 is 0 Å². The van der Waals surface area contributed by atoms with Crippen molar-refractivity contribution in [1.29, 1.82) is 0 Å². The average molecular weight is 264 g/mol. The molecule has 2 rings (SSSR count). The molecule has 2 nitrogen and oxygen atoms in total. The van der Waals surface area contributed by atoms with Crippen molar-refractivity contribution in [2.75, 3.05) is 0 Å². The van der Waals surface area contributed by atoms with Gasteiger partial charge in [-0.2, -0.15) is 0 Å². The molecule has 82 valence electrons. The first-order chi connectivity index (χ1) is 7.02. The number of hydrogen-bond donors (Lipinski definition) is 1. The van der Waals surface area contributed by atoms with E-state index >= 15 is 0 Å². The van der Waals surface area contributed by atoms with Crippen LogP contribution in [0.15, 0.2) is 17.0 Å². The summed E-state index contributed by atoms with van der Waals surface area (Å²) in [6.07, 6.45) is 0.680. The molecule has 0 saturated carbocycles. The Morgan fingerprint density at radius 1 is 1.40 bits per heavy atom. The summed E-state index contributed by atoms with van der Waals surface area (Å²) in [5.74, 6) is 0. The van der Waals surface area contributed by atoms with E-state index in [0.717, 1.165) is 5.56 Å². The Morgan fingerprint density at radius 3 is 2.67 bits per heavy atom. The molecule has 0 amide bonds. The topological polar surface area (TPSA) is 43.1 Å². The van der Waals surface area contributed by atoms with Crippen molar-refractivity contribution in [3.8, 4) is 0 Å². The number of hydrogen-bond acceptors (Lipinski definition) is 2. The standard InChI is InChI=1S/C10H11Cl2NOS/c1-5-4-8(13)9-6(11)2-3-7(12)10(9)15(5)14/h2-3,5,8H,4,13H2,1H3. The molecular formula is C10H11Cl2NOS. The molecule has 0 radical (unpaired) electrons. The van der Waals surface area contributed by atoms with Gasteiger partial charge in [0.25, 0.3) is 0 Å². The Bertz CT molecular complexity index is 436. The summed E-state index contributed by atoms with van der Waals surface area (Å²) < 4.78 is 12.0. The lowest BCUT2D eigenvalue weighted by Gasteiger charge is -2.27. The first-order valence-electron chi connectivity index (χ1n) is 4.66. The van der Waals surface area contributed by atoms with Crippen molar-refractivity contribution in [3.63, 3.8) is 0 Å². The minimum absolute atomic E-state index is 0.0310. The molecule has 1 heterocycles. The minimum Gasteiger partial charge on any atom is -0.324 e. The Hall–Kier alpha value is -0.0900. The average Bonchev–Trinajstić information content (AvgIpc) is 2.18. The molecule has 1 aliphatic heterocycles. The Labute approximate surface area is 101 Å². The summed E-state index contributed by atoms with van der Waals surface area (Å²) in [5, 5.41) is 1.08. The highest BCUT2D eigenvalue weighted by Gasteiger charge is 2.31. The molecule has 0 fully saturated rings. The number of benzene rings is 1. The molecule has 0 aliphatic carbocycles. The van der Waals surface area contributed by atoms with E-state index in [1.54, 1.807) is 12.1 Å². The van der Waals surface area contributed by atoms with Crippen molar-refractivity contribution in [2.24, 2.45) is 5.73 Å². The van der Waals surface area contributed by atoms with Crippen molar-refractivity contribution < 1.29 is 4.21 Å². The van der Waals surface area contributed by atoms with Crippen molar-refractivity contribution in [3.05, 3.63) is 27.7 Å². The Morgan fingerprint density at radius 2 is 2.00 bits per heavy atom. The number of rotatable bonds is 0. The van der Waals surface area contributed by atoms with Gasteiger partial charge in [0.2, 0.25) is 0 Å². The predicted molar refractivity (Wildman–Crippen MR) is 63.9 cm³/mol. The summed E-state index contributed by atoms with van der Waals surface area (Å²) >= 11 is 12.1. The zero-order chi connectivity index (χ0) is 11.2. The smallest absolute Gasteiger partial charge is 0.0639 e. The van der Waals surface area contributed by atoms with Crippen molar-refractivity contribution in [1.82, 2.24) is 0 Å². The van der Waals surface area contributed by atoms with Crippen LogP contribution in [0, 0.1) is 0 Å². The second-order valence-electron chi connectivity index (χ2n) is 3.72. The lowest BCUT2D eigenvalue weighted by molar-refractivity contribution is 0.592. The van der Waals surface area contributed by atoms with E-state index in [0.29, 0.717) is 21.4 Å². The largest absolute Gasteiger partial charge is 0.324 e. The molecule has 3 atom stereocenters. The highest BCUT2D eigenvalue weighted by atomic mass is 35.5. The maximum atomic E-state index is 12.0. The molecule has 0 saturated heterocycles. The van der Waals surface area contributed by atoms with Gasteiger partial charge in [0.05, 0.1) is 20.7 Å². The van der Waals surface area contributed by atoms with Gasteiger partial charge in [-0.1, -0.05) is 30.1 Å². The molecule has 0 bridgehead atoms. The predicted octanol–water partition coefficient (Wildman–Crippen LogP) is 2.89. The number of fused-ring (bicyclic) bond motifs is 1. The molecular weight excluding hydrogens is 253 g/mol. The molecule has 3 unspecified atom stereocenters. The highest BCUT2D eigenvalue weighted by molar-refractivity contribution is 7.86. The Kier molecular flexibility index (Phi) is 3.08. The van der Waals surface area contributed by atoms with Crippen molar-refractivity contribution in [2.45, 2.75) is 29.5 Å². The summed E-state index contributed by atoms with van der Waals surface area (Å²) in [6.45, 7) is 1.91. The van der Waals surface area contributed by atoms with Crippen LogP contribution < -0.4 is 5.73 Å². The Balaban J connectivity index is 2.70. The van der Waals surface area contributed by atoms with Gasteiger partial charge in [-0.05, 0) is 18.6 Å². The second-order valence-corrected chi connectivity index (χ2v) is 6.34. The third kappa shape index (κ3) is 1.82. The maximum absolute atomic E-state index is 12.0. The maximum Gasteiger partial charge on any atom is 0.0639 e.